The number of anilines is 1. The molecule has 0 aromatic carbocycles. The number of nitrogens with zero attached hydrogens (tertiary/aromatic N) is 2. The Morgan fingerprint density at radius 1 is 1.52 bits per heavy atom. The van der Waals surface area contributed by atoms with Gasteiger partial charge in [0.2, 0.25) is 0 Å². The van der Waals surface area contributed by atoms with E-state index in [0.29, 0.717) is 15.7 Å². The van der Waals surface area contributed by atoms with E-state index in [9.17, 15) is 9.90 Å². The Kier molecular flexibility index (Phi) is 3.77. The average Bonchev–Trinajstić information content (AvgIpc) is 2.77. The first-order valence-corrected chi connectivity index (χ1v) is 7.73. The summed E-state index contributed by atoms with van der Waals surface area (Å²) in [7, 11) is 0. The van der Waals surface area contributed by atoms with Crippen molar-refractivity contribution in [3.8, 4) is 0 Å². The quantitative estimate of drug-likeness (QED) is 0.907. The van der Waals surface area contributed by atoms with Crippen LogP contribution in [0.4, 0.5) is 5.82 Å². The molecule has 2 atom stereocenters. The predicted molar refractivity (Wildman–Crippen MR) is 81.2 cm³/mol. The standard InChI is InChI=1S/C14H17N3O3S/c1-7-5-9(3-4-20-7)17-12-10-8(2)11(14(18)19)21-13(10)16-6-15-12/h6-7,9H,3-5H2,1-2H3,(H,18,19)(H,15,16,17). The van der Waals surface area contributed by atoms with Crippen molar-refractivity contribution in [3.05, 3.63) is 16.8 Å². The van der Waals surface area contributed by atoms with Crippen LogP contribution in [0.25, 0.3) is 10.2 Å². The van der Waals surface area contributed by atoms with Crippen molar-refractivity contribution in [1.29, 1.82) is 0 Å². The van der Waals surface area contributed by atoms with E-state index in [-0.39, 0.29) is 6.10 Å². The average molecular weight is 307 g/mol. The number of rotatable bonds is 3. The van der Waals surface area contributed by atoms with E-state index < -0.39 is 5.97 Å². The van der Waals surface area contributed by atoms with E-state index >= 15 is 0 Å². The number of carboxylic acid groups (broad SMARTS) is 1. The topological polar surface area (TPSA) is 84.3 Å². The lowest BCUT2D eigenvalue weighted by atomic mass is 10.0. The van der Waals surface area contributed by atoms with E-state index in [4.69, 9.17) is 4.74 Å². The molecule has 0 aliphatic carbocycles. The Morgan fingerprint density at radius 3 is 3.05 bits per heavy atom. The van der Waals surface area contributed by atoms with Crippen molar-refractivity contribution < 1.29 is 14.6 Å². The van der Waals surface area contributed by atoms with Crippen LogP contribution in [-0.4, -0.2) is 39.8 Å². The third-order valence-corrected chi connectivity index (χ3v) is 4.93. The maximum Gasteiger partial charge on any atom is 0.346 e. The number of thiophene rings is 1. The Labute approximate surface area is 126 Å². The molecular formula is C14H17N3O3S. The van der Waals surface area contributed by atoms with Crippen molar-refractivity contribution in [3.63, 3.8) is 0 Å². The number of aromatic nitrogens is 2. The fraction of sp³-hybridized carbons (Fsp3) is 0.500. The number of ether oxygens (including phenoxy) is 1. The SMILES string of the molecule is Cc1c(C(=O)O)sc2ncnc(NC3CCOC(C)C3)c12. The van der Waals surface area contributed by atoms with Crippen LogP contribution in [0.2, 0.25) is 0 Å². The summed E-state index contributed by atoms with van der Waals surface area (Å²) in [4.78, 5) is 20.8. The van der Waals surface area contributed by atoms with E-state index in [1.54, 1.807) is 0 Å². The summed E-state index contributed by atoms with van der Waals surface area (Å²) in [5, 5.41) is 13.5. The normalized spacial score (nSPS) is 22.4. The van der Waals surface area contributed by atoms with Crippen LogP contribution in [0, 0.1) is 6.92 Å². The van der Waals surface area contributed by atoms with Gasteiger partial charge in [-0.15, -0.1) is 11.3 Å². The van der Waals surface area contributed by atoms with Gasteiger partial charge >= 0.3 is 5.97 Å². The molecule has 3 heterocycles. The van der Waals surface area contributed by atoms with Crippen molar-refractivity contribution in [1.82, 2.24) is 9.97 Å². The lowest BCUT2D eigenvalue weighted by molar-refractivity contribution is 0.0232. The number of hydrogen-bond donors (Lipinski definition) is 2. The van der Waals surface area contributed by atoms with Crippen molar-refractivity contribution in [2.45, 2.75) is 38.8 Å². The van der Waals surface area contributed by atoms with Gasteiger partial charge in [-0.25, -0.2) is 14.8 Å². The molecule has 0 saturated carbocycles. The van der Waals surface area contributed by atoms with Gasteiger partial charge in [0, 0.05) is 12.6 Å². The summed E-state index contributed by atoms with van der Waals surface area (Å²) in [6.45, 7) is 4.60. The Hall–Kier alpha value is -1.73. The molecule has 112 valence electrons. The lowest BCUT2D eigenvalue weighted by Crippen LogP contribution is -2.32. The molecule has 2 unspecified atom stereocenters. The zero-order valence-corrected chi connectivity index (χ0v) is 12.7. The van der Waals surface area contributed by atoms with Gasteiger partial charge in [0.25, 0.3) is 0 Å². The molecule has 2 N–H and O–H groups in total. The van der Waals surface area contributed by atoms with Crippen molar-refractivity contribution >= 4 is 33.3 Å². The van der Waals surface area contributed by atoms with Gasteiger partial charge in [0.1, 0.15) is 21.9 Å². The zero-order valence-electron chi connectivity index (χ0n) is 11.9. The fourth-order valence-electron chi connectivity index (χ4n) is 2.71. The number of aromatic carboxylic acids is 1. The number of fused-ring (bicyclic) bond motifs is 1. The summed E-state index contributed by atoms with van der Waals surface area (Å²) in [6.07, 6.45) is 3.55. The molecule has 0 amide bonds. The Bertz CT molecular complexity index is 685. The molecule has 0 bridgehead atoms. The van der Waals surface area contributed by atoms with Crippen LogP contribution in [0.15, 0.2) is 6.33 Å². The first kappa shape index (κ1) is 14.2. The third kappa shape index (κ3) is 2.71. The second-order valence-corrected chi connectivity index (χ2v) is 6.31. The van der Waals surface area contributed by atoms with Gasteiger partial charge < -0.3 is 15.2 Å². The second-order valence-electron chi connectivity index (χ2n) is 5.31. The highest BCUT2D eigenvalue weighted by atomic mass is 32.1. The fourth-order valence-corrected chi connectivity index (χ4v) is 3.70. The maximum atomic E-state index is 11.3. The maximum absolute atomic E-state index is 11.3. The van der Waals surface area contributed by atoms with Gasteiger partial charge in [0.15, 0.2) is 0 Å². The van der Waals surface area contributed by atoms with Crippen molar-refractivity contribution in [2.24, 2.45) is 0 Å². The predicted octanol–water partition coefficient (Wildman–Crippen LogP) is 2.68. The number of carbonyl (C=O) groups is 1. The van der Waals surface area contributed by atoms with Gasteiger partial charge in [-0.05, 0) is 32.3 Å². The van der Waals surface area contributed by atoms with Crippen LogP contribution >= 0.6 is 11.3 Å². The molecule has 3 rings (SSSR count). The van der Waals surface area contributed by atoms with Crippen molar-refractivity contribution in [2.75, 3.05) is 11.9 Å². The molecule has 1 aliphatic rings. The molecule has 21 heavy (non-hydrogen) atoms. The number of nitrogens with one attached hydrogen (secondary N) is 1. The molecule has 0 spiro atoms. The molecular weight excluding hydrogens is 290 g/mol. The summed E-state index contributed by atoms with van der Waals surface area (Å²) in [6, 6.07) is 0.291. The summed E-state index contributed by atoms with van der Waals surface area (Å²) in [5.41, 5.74) is 0.728. The van der Waals surface area contributed by atoms with Gasteiger partial charge in [-0.1, -0.05) is 0 Å². The molecule has 0 radical (unpaired) electrons. The molecule has 1 fully saturated rings. The minimum atomic E-state index is -0.916. The highest BCUT2D eigenvalue weighted by Crippen LogP contribution is 2.34. The van der Waals surface area contributed by atoms with E-state index in [2.05, 4.69) is 22.2 Å². The lowest BCUT2D eigenvalue weighted by Gasteiger charge is -2.28. The highest BCUT2D eigenvalue weighted by Gasteiger charge is 2.23. The number of hydrogen-bond acceptors (Lipinski definition) is 6. The summed E-state index contributed by atoms with van der Waals surface area (Å²) in [5.74, 6) is -0.193. The summed E-state index contributed by atoms with van der Waals surface area (Å²) >= 11 is 1.19. The molecule has 7 heteroatoms. The van der Waals surface area contributed by atoms with Gasteiger partial charge in [0.05, 0.1) is 11.5 Å². The minimum absolute atomic E-state index is 0.228. The van der Waals surface area contributed by atoms with Crippen LogP contribution in [0.1, 0.15) is 35.0 Å². The van der Waals surface area contributed by atoms with E-state index in [0.717, 1.165) is 36.2 Å². The van der Waals surface area contributed by atoms with Crippen LogP contribution in [0.5, 0.6) is 0 Å². The third-order valence-electron chi connectivity index (χ3n) is 3.75. The minimum Gasteiger partial charge on any atom is -0.477 e. The number of carboxylic acids is 1. The van der Waals surface area contributed by atoms with Gasteiger partial charge in [-0.3, -0.25) is 0 Å². The molecule has 2 aromatic heterocycles. The Morgan fingerprint density at radius 2 is 2.33 bits per heavy atom. The van der Waals surface area contributed by atoms with Crippen LogP contribution in [-0.2, 0) is 4.74 Å². The summed E-state index contributed by atoms with van der Waals surface area (Å²) < 4.78 is 5.54. The molecule has 6 nitrogen and oxygen atoms in total. The van der Waals surface area contributed by atoms with Crippen LogP contribution < -0.4 is 5.32 Å². The number of aryl methyl sites for hydroxylation is 1. The zero-order chi connectivity index (χ0) is 15.0. The first-order valence-electron chi connectivity index (χ1n) is 6.91. The highest BCUT2D eigenvalue weighted by molar-refractivity contribution is 7.20. The largest absolute Gasteiger partial charge is 0.477 e. The first-order chi connectivity index (χ1) is 10.1. The molecule has 1 aliphatic heterocycles. The molecule has 2 aromatic rings. The second kappa shape index (κ2) is 5.57. The van der Waals surface area contributed by atoms with Crippen LogP contribution in [0.3, 0.4) is 0 Å². The van der Waals surface area contributed by atoms with E-state index in [1.807, 2.05) is 6.92 Å². The molecule has 1 saturated heterocycles. The van der Waals surface area contributed by atoms with E-state index in [1.165, 1.54) is 17.7 Å². The van der Waals surface area contributed by atoms with Gasteiger partial charge in [-0.2, -0.15) is 0 Å². The smallest absolute Gasteiger partial charge is 0.346 e. The monoisotopic (exact) mass is 307 g/mol. The Balaban J connectivity index is 1.96.